The van der Waals surface area contributed by atoms with Gasteiger partial charge >= 0.3 is 0 Å². The van der Waals surface area contributed by atoms with Crippen LogP contribution in [0, 0.1) is 5.82 Å². The van der Waals surface area contributed by atoms with Gasteiger partial charge in [0.1, 0.15) is 5.69 Å². The zero-order valence-electron chi connectivity index (χ0n) is 13.4. The zero-order chi connectivity index (χ0) is 17.3. The number of aromatic nitrogens is 4. The summed E-state index contributed by atoms with van der Waals surface area (Å²) in [6.07, 6.45) is 8.26. The molecule has 0 aromatic carbocycles. The molecule has 2 fully saturated rings. The number of rotatable bonds is 3. The maximum Gasteiger partial charge on any atom is 0.274 e. The summed E-state index contributed by atoms with van der Waals surface area (Å²) in [6.45, 7) is 1.63. The van der Waals surface area contributed by atoms with E-state index in [4.69, 9.17) is 4.74 Å². The molecule has 130 valence electrons. The fourth-order valence-corrected chi connectivity index (χ4v) is 3.38. The van der Waals surface area contributed by atoms with Crippen LogP contribution in [0.3, 0.4) is 0 Å². The minimum absolute atomic E-state index is 0.0250. The van der Waals surface area contributed by atoms with Crippen molar-refractivity contribution in [1.29, 1.82) is 0 Å². The summed E-state index contributed by atoms with van der Waals surface area (Å²) in [4.78, 5) is 30.1. The van der Waals surface area contributed by atoms with Crippen molar-refractivity contribution >= 4 is 11.9 Å². The molecule has 1 spiro atoms. The minimum atomic E-state index is -0.473. The molecule has 0 saturated carbocycles. The Morgan fingerprint density at radius 1 is 1.28 bits per heavy atom. The highest BCUT2D eigenvalue weighted by atomic mass is 19.1. The van der Waals surface area contributed by atoms with E-state index in [1.807, 2.05) is 0 Å². The number of nitrogens with one attached hydrogen (secondary N) is 1. The maximum atomic E-state index is 12.9. The maximum absolute atomic E-state index is 12.9. The molecular formula is C16H17FN6O2. The first-order chi connectivity index (χ1) is 12.1. The number of amides is 1. The molecule has 0 unspecified atom stereocenters. The SMILES string of the molecule is O=C(c1cnccn1)N1CC[C@]2(C[C@H](Nc3ncc(F)cn3)CO2)C1. The van der Waals surface area contributed by atoms with E-state index in [0.717, 1.165) is 25.2 Å². The third kappa shape index (κ3) is 3.27. The summed E-state index contributed by atoms with van der Waals surface area (Å²) >= 11 is 0. The fourth-order valence-electron chi connectivity index (χ4n) is 3.38. The van der Waals surface area contributed by atoms with Crippen molar-refractivity contribution in [3.05, 3.63) is 42.5 Å². The highest BCUT2D eigenvalue weighted by molar-refractivity contribution is 5.92. The van der Waals surface area contributed by atoms with Gasteiger partial charge in [0, 0.05) is 25.4 Å². The van der Waals surface area contributed by atoms with Crippen molar-refractivity contribution in [1.82, 2.24) is 24.8 Å². The molecule has 4 rings (SSSR count). The van der Waals surface area contributed by atoms with Gasteiger partial charge in [0.2, 0.25) is 5.95 Å². The number of nitrogens with zero attached hydrogens (tertiary/aromatic N) is 5. The molecule has 0 bridgehead atoms. The minimum Gasteiger partial charge on any atom is -0.371 e. The average molecular weight is 344 g/mol. The second-order valence-corrected chi connectivity index (χ2v) is 6.33. The Hall–Kier alpha value is -2.68. The average Bonchev–Trinajstić information content (AvgIpc) is 3.24. The van der Waals surface area contributed by atoms with Crippen molar-refractivity contribution < 1.29 is 13.9 Å². The Morgan fingerprint density at radius 2 is 2.12 bits per heavy atom. The van der Waals surface area contributed by atoms with Gasteiger partial charge in [-0.15, -0.1) is 0 Å². The summed E-state index contributed by atoms with van der Waals surface area (Å²) < 4.78 is 18.9. The van der Waals surface area contributed by atoms with Crippen LogP contribution < -0.4 is 5.32 Å². The Bertz CT molecular complexity index is 759. The van der Waals surface area contributed by atoms with Gasteiger partial charge in [-0.3, -0.25) is 9.78 Å². The van der Waals surface area contributed by atoms with Gasteiger partial charge in [0.05, 0.1) is 43.4 Å². The topological polar surface area (TPSA) is 93.1 Å². The predicted molar refractivity (Wildman–Crippen MR) is 85.3 cm³/mol. The molecule has 8 nitrogen and oxygen atoms in total. The number of hydrogen-bond acceptors (Lipinski definition) is 7. The number of hydrogen-bond donors (Lipinski definition) is 1. The number of carbonyl (C=O) groups excluding carboxylic acids is 1. The summed E-state index contributed by atoms with van der Waals surface area (Å²) in [7, 11) is 0. The van der Waals surface area contributed by atoms with Crippen molar-refractivity contribution in [2.45, 2.75) is 24.5 Å². The van der Waals surface area contributed by atoms with Gasteiger partial charge in [-0.25, -0.2) is 19.3 Å². The van der Waals surface area contributed by atoms with Crippen LogP contribution in [-0.2, 0) is 4.74 Å². The zero-order valence-corrected chi connectivity index (χ0v) is 13.4. The van der Waals surface area contributed by atoms with Crippen molar-refractivity contribution in [3.8, 4) is 0 Å². The van der Waals surface area contributed by atoms with Crippen LogP contribution in [0.2, 0.25) is 0 Å². The van der Waals surface area contributed by atoms with Crippen LogP contribution in [0.4, 0.5) is 10.3 Å². The molecule has 2 saturated heterocycles. The molecule has 1 amide bonds. The van der Waals surface area contributed by atoms with E-state index in [9.17, 15) is 9.18 Å². The lowest BCUT2D eigenvalue weighted by atomic mass is 9.97. The number of ether oxygens (including phenoxy) is 1. The quantitative estimate of drug-likeness (QED) is 0.884. The third-order valence-electron chi connectivity index (χ3n) is 4.55. The lowest BCUT2D eigenvalue weighted by Gasteiger charge is -2.23. The van der Waals surface area contributed by atoms with Crippen LogP contribution in [0.1, 0.15) is 23.3 Å². The lowest BCUT2D eigenvalue weighted by Crippen LogP contribution is -2.36. The van der Waals surface area contributed by atoms with Crippen molar-refractivity contribution in [2.24, 2.45) is 0 Å². The Labute approximate surface area is 143 Å². The second kappa shape index (κ2) is 6.32. The highest BCUT2D eigenvalue weighted by Gasteiger charge is 2.47. The van der Waals surface area contributed by atoms with Gasteiger partial charge in [0.15, 0.2) is 5.82 Å². The van der Waals surface area contributed by atoms with E-state index in [1.165, 1.54) is 18.6 Å². The van der Waals surface area contributed by atoms with Crippen molar-refractivity contribution in [2.75, 3.05) is 25.0 Å². The van der Waals surface area contributed by atoms with E-state index in [-0.39, 0.29) is 17.6 Å². The summed E-state index contributed by atoms with van der Waals surface area (Å²) in [5.41, 5.74) is -0.0258. The predicted octanol–water partition coefficient (Wildman–Crippen LogP) is 0.891. The molecule has 2 atom stereocenters. The van der Waals surface area contributed by atoms with Gasteiger partial charge in [-0.05, 0) is 6.42 Å². The first-order valence-corrected chi connectivity index (χ1v) is 8.07. The van der Waals surface area contributed by atoms with E-state index < -0.39 is 5.82 Å². The van der Waals surface area contributed by atoms with Crippen molar-refractivity contribution in [3.63, 3.8) is 0 Å². The van der Waals surface area contributed by atoms with Gasteiger partial charge in [-0.2, -0.15) is 0 Å². The number of carbonyl (C=O) groups is 1. The molecule has 1 N–H and O–H groups in total. The molecule has 2 aliphatic rings. The molecule has 4 heterocycles. The van der Waals surface area contributed by atoms with Gasteiger partial charge in [0.25, 0.3) is 5.91 Å². The van der Waals surface area contributed by atoms with Crippen LogP contribution in [0.15, 0.2) is 31.0 Å². The summed E-state index contributed by atoms with van der Waals surface area (Å²) in [5.74, 6) is -0.233. The Morgan fingerprint density at radius 3 is 2.88 bits per heavy atom. The molecule has 2 aromatic heterocycles. The largest absolute Gasteiger partial charge is 0.371 e. The summed E-state index contributed by atoms with van der Waals surface area (Å²) in [6, 6.07) is 0.0250. The molecule has 9 heteroatoms. The smallest absolute Gasteiger partial charge is 0.274 e. The number of anilines is 1. The first-order valence-electron chi connectivity index (χ1n) is 8.07. The normalized spacial score (nSPS) is 25.5. The Kier molecular flexibility index (Phi) is 4.00. The standard InChI is InChI=1S/C16H17FN6O2/c17-11-6-20-15(21-7-11)22-12-5-16(25-9-12)1-4-23(10-16)14(24)13-8-18-2-3-19-13/h2-3,6-8,12H,1,4-5,9-10H2,(H,20,21,22)/t12-,16-/m0/s1. The number of halogens is 1. The van der Waals surface area contributed by atoms with Gasteiger partial charge in [-0.1, -0.05) is 0 Å². The first kappa shape index (κ1) is 15.8. The summed E-state index contributed by atoms with van der Waals surface area (Å²) in [5, 5.41) is 3.16. The van der Waals surface area contributed by atoms with Crippen LogP contribution in [-0.4, -0.2) is 62.1 Å². The van der Waals surface area contributed by atoms with E-state index in [1.54, 1.807) is 4.90 Å². The lowest BCUT2D eigenvalue weighted by molar-refractivity contribution is 0.0124. The van der Waals surface area contributed by atoms with Crippen LogP contribution >= 0.6 is 0 Å². The third-order valence-corrected chi connectivity index (χ3v) is 4.55. The highest BCUT2D eigenvalue weighted by Crippen LogP contribution is 2.36. The number of likely N-dealkylation sites (tertiary alicyclic amines) is 1. The van der Waals surface area contributed by atoms with E-state index in [0.29, 0.717) is 31.3 Å². The molecule has 25 heavy (non-hydrogen) atoms. The van der Waals surface area contributed by atoms with Gasteiger partial charge < -0.3 is 15.0 Å². The molecule has 2 aromatic rings. The monoisotopic (exact) mass is 344 g/mol. The van der Waals surface area contributed by atoms with E-state index in [2.05, 4.69) is 25.3 Å². The molecular weight excluding hydrogens is 327 g/mol. The van der Waals surface area contributed by atoms with E-state index >= 15 is 0 Å². The molecule has 0 aliphatic carbocycles. The molecule has 2 aliphatic heterocycles. The van der Waals surface area contributed by atoms with Crippen LogP contribution in [0.25, 0.3) is 0 Å². The van der Waals surface area contributed by atoms with Crippen LogP contribution in [0.5, 0.6) is 0 Å². The Balaban J connectivity index is 1.38. The fraction of sp³-hybridized carbons (Fsp3) is 0.438. The second-order valence-electron chi connectivity index (χ2n) is 6.33. The molecule has 0 radical (unpaired) electrons.